The van der Waals surface area contributed by atoms with Crippen LogP contribution in [0.3, 0.4) is 0 Å². The summed E-state index contributed by atoms with van der Waals surface area (Å²) in [6.07, 6.45) is 2.15. The summed E-state index contributed by atoms with van der Waals surface area (Å²) >= 11 is 1.58. The molecule has 2 amide bonds. The highest BCUT2D eigenvalue weighted by Crippen LogP contribution is 2.53. The zero-order chi connectivity index (χ0) is 20.2. The van der Waals surface area contributed by atoms with Crippen LogP contribution in [0.1, 0.15) is 5.56 Å². The lowest BCUT2D eigenvalue weighted by atomic mass is 9.94. The second kappa shape index (κ2) is 6.63. The smallest absolute Gasteiger partial charge is 0.352 e. The van der Waals surface area contributed by atoms with Gasteiger partial charge in [-0.1, -0.05) is 61.2 Å². The molecule has 2 heterocycles. The van der Waals surface area contributed by atoms with Crippen LogP contribution >= 0.6 is 11.8 Å². The van der Waals surface area contributed by atoms with Gasteiger partial charge >= 0.3 is 5.97 Å². The minimum Gasteiger partial charge on any atom is -0.477 e. The molecule has 3 atom stereocenters. The fourth-order valence-electron chi connectivity index (χ4n) is 3.82. The molecule has 3 aliphatic rings. The number of fused-ring (bicyclic) bond motifs is 2. The van der Waals surface area contributed by atoms with Crippen LogP contribution < -0.4 is 5.32 Å². The van der Waals surface area contributed by atoms with Crippen molar-refractivity contribution in [1.29, 1.82) is 0 Å². The Hall–Kier alpha value is -2.32. The Balaban J connectivity index is 1.53. The van der Waals surface area contributed by atoms with Crippen molar-refractivity contribution in [2.75, 3.05) is 0 Å². The standard InChI is InChI=1S/C20H22N2O4SSi/c1-28(2,3)13-10-12-16(20(25)26)22-18(24)15(19(22)27-17(12)13)21-14(23)9-11-7-5-4-6-8-11/h4-8,10,15,17,19H,9H2,1-3H3,(H,21,23)(H,25,26)/t15-,17-,19-/m1/s1. The number of carbonyl (C=O) groups is 3. The van der Waals surface area contributed by atoms with Crippen LogP contribution in [0, 0.1) is 0 Å². The number of benzene rings is 1. The third kappa shape index (κ3) is 3.00. The maximum absolute atomic E-state index is 12.6. The summed E-state index contributed by atoms with van der Waals surface area (Å²) in [6.45, 7) is 6.69. The number of amides is 2. The maximum atomic E-state index is 12.6. The van der Waals surface area contributed by atoms with E-state index in [1.54, 1.807) is 11.8 Å². The molecule has 1 aromatic rings. The van der Waals surface area contributed by atoms with E-state index < -0.39 is 20.1 Å². The zero-order valence-corrected chi connectivity index (χ0v) is 17.7. The average Bonchev–Trinajstić information content (AvgIpc) is 2.59. The van der Waals surface area contributed by atoms with E-state index in [0.29, 0.717) is 0 Å². The summed E-state index contributed by atoms with van der Waals surface area (Å²) in [4.78, 5) is 38.2. The molecule has 0 saturated carbocycles. The number of rotatable bonds is 5. The lowest BCUT2D eigenvalue weighted by Crippen LogP contribution is -2.72. The minimum atomic E-state index is -1.57. The van der Waals surface area contributed by atoms with E-state index in [9.17, 15) is 19.5 Å². The number of allylic oxidation sites excluding steroid dienone is 1. The number of hydrogen-bond acceptors (Lipinski definition) is 4. The third-order valence-corrected chi connectivity index (χ3v) is 9.22. The van der Waals surface area contributed by atoms with Crippen molar-refractivity contribution in [1.82, 2.24) is 10.2 Å². The van der Waals surface area contributed by atoms with Crippen LogP contribution in [0.2, 0.25) is 19.6 Å². The van der Waals surface area contributed by atoms with Crippen LogP contribution in [0.25, 0.3) is 0 Å². The number of aliphatic carboxylic acids is 1. The summed E-state index contributed by atoms with van der Waals surface area (Å²) < 4.78 is 0. The van der Waals surface area contributed by atoms with E-state index in [2.05, 4.69) is 25.0 Å². The second-order valence-corrected chi connectivity index (χ2v) is 14.6. The SMILES string of the molecule is C[Si](C)(C)C1=CC2=C(C(=O)O)N3C(=O)[C@@H](NC(=O)Cc4ccccc4)[C@H]3S[C@@H]12. The highest BCUT2D eigenvalue weighted by atomic mass is 32.2. The summed E-state index contributed by atoms with van der Waals surface area (Å²) in [7, 11) is -1.57. The molecule has 0 bridgehead atoms. The van der Waals surface area contributed by atoms with Gasteiger partial charge in [0.25, 0.3) is 5.91 Å². The van der Waals surface area contributed by atoms with Crippen molar-refractivity contribution in [2.45, 2.75) is 42.7 Å². The highest BCUT2D eigenvalue weighted by Gasteiger charge is 2.58. The molecule has 1 aliphatic carbocycles. The molecule has 0 radical (unpaired) electrons. The molecule has 1 fully saturated rings. The van der Waals surface area contributed by atoms with Crippen molar-refractivity contribution in [3.63, 3.8) is 0 Å². The average molecular weight is 415 g/mol. The van der Waals surface area contributed by atoms with Gasteiger partial charge in [-0.15, -0.1) is 11.8 Å². The largest absolute Gasteiger partial charge is 0.477 e. The first-order valence-corrected chi connectivity index (χ1v) is 13.6. The summed E-state index contributed by atoms with van der Waals surface area (Å²) in [5.41, 5.74) is 1.68. The Labute approximate surface area is 168 Å². The van der Waals surface area contributed by atoms with Crippen LogP contribution in [-0.4, -0.2) is 52.5 Å². The van der Waals surface area contributed by atoms with Gasteiger partial charge in [-0.2, -0.15) is 0 Å². The molecule has 4 rings (SSSR count). The van der Waals surface area contributed by atoms with E-state index in [1.165, 1.54) is 10.1 Å². The lowest BCUT2D eigenvalue weighted by Gasteiger charge is -2.54. The minimum absolute atomic E-state index is 0.0145. The van der Waals surface area contributed by atoms with Gasteiger partial charge in [0, 0.05) is 0 Å². The molecule has 0 unspecified atom stereocenters. The molecule has 0 aromatic heterocycles. The van der Waals surface area contributed by atoms with Gasteiger partial charge in [-0.25, -0.2) is 4.79 Å². The van der Waals surface area contributed by atoms with E-state index in [4.69, 9.17) is 0 Å². The van der Waals surface area contributed by atoms with E-state index in [-0.39, 0.29) is 34.6 Å². The number of carboxylic acid groups (broad SMARTS) is 1. The predicted molar refractivity (Wildman–Crippen MR) is 110 cm³/mol. The number of carboxylic acids is 1. The highest BCUT2D eigenvalue weighted by molar-refractivity contribution is 8.01. The molecule has 2 aliphatic heterocycles. The van der Waals surface area contributed by atoms with Crippen molar-refractivity contribution in [3.05, 3.63) is 58.4 Å². The molecule has 6 nitrogen and oxygen atoms in total. The third-order valence-electron chi connectivity index (χ3n) is 5.30. The number of thioether (sulfide) groups is 1. The van der Waals surface area contributed by atoms with Crippen molar-refractivity contribution in [3.8, 4) is 0 Å². The number of hydrogen-bond donors (Lipinski definition) is 2. The Morgan fingerprint density at radius 2 is 1.89 bits per heavy atom. The molecule has 28 heavy (non-hydrogen) atoms. The fraction of sp³-hybridized carbons (Fsp3) is 0.350. The first kappa shape index (κ1) is 19.0. The molecule has 1 aromatic carbocycles. The molecular formula is C20H22N2O4SSi. The van der Waals surface area contributed by atoms with Crippen molar-refractivity contribution in [2.24, 2.45) is 0 Å². The number of nitrogens with zero attached hydrogens (tertiary/aromatic N) is 1. The first-order chi connectivity index (χ1) is 13.2. The normalized spacial score (nSPS) is 25.8. The van der Waals surface area contributed by atoms with Gasteiger partial charge in [0.05, 0.1) is 19.7 Å². The van der Waals surface area contributed by atoms with Crippen molar-refractivity contribution >= 4 is 37.6 Å². The van der Waals surface area contributed by atoms with Crippen molar-refractivity contribution < 1.29 is 19.5 Å². The van der Waals surface area contributed by atoms with Gasteiger partial charge in [-0.3, -0.25) is 14.5 Å². The Morgan fingerprint density at radius 1 is 1.21 bits per heavy atom. The van der Waals surface area contributed by atoms with Gasteiger partial charge in [0.2, 0.25) is 5.91 Å². The first-order valence-electron chi connectivity index (χ1n) is 9.20. The lowest BCUT2D eigenvalue weighted by molar-refractivity contribution is -0.150. The van der Waals surface area contributed by atoms with Gasteiger partial charge < -0.3 is 10.4 Å². The summed E-state index contributed by atoms with van der Waals surface area (Å²) in [6, 6.07) is 8.65. The molecule has 8 heteroatoms. The van der Waals surface area contributed by atoms with Gasteiger partial charge in [-0.05, 0) is 11.1 Å². The Kier molecular flexibility index (Phi) is 4.50. The van der Waals surface area contributed by atoms with Gasteiger partial charge in [0.1, 0.15) is 17.1 Å². The van der Waals surface area contributed by atoms with E-state index >= 15 is 0 Å². The number of nitrogens with one attached hydrogen (secondary N) is 1. The van der Waals surface area contributed by atoms with E-state index in [0.717, 1.165) is 11.1 Å². The maximum Gasteiger partial charge on any atom is 0.352 e. The molecular weight excluding hydrogens is 392 g/mol. The Morgan fingerprint density at radius 3 is 2.50 bits per heavy atom. The van der Waals surface area contributed by atoms with Crippen LogP contribution in [0.4, 0.5) is 0 Å². The second-order valence-electron chi connectivity index (χ2n) is 8.28. The summed E-state index contributed by atoms with van der Waals surface area (Å²) in [5.74, 6) is -1.67. The van der Waals surface area contributed by atoms with E-state index in [1.807, 2.05) is 36.4 Å². The van der Waals surface area contributed by atoms with Crippen LogP contribution in [0.15, 0.2) is 52.9 Å². The van der Waals surface area contributed by atoms with Gasteiger partial charge in [0.15, 0.2) is 0 Å². The number of carbonyl (C=O) groups excluding carboxylic acids is 2. The van der Waals surface area contributed by atoms with Crippen LogP contribution in [-0.2, 0) is 20.8 Å². The quantitative estimate of drug-likeness (QED) is 0.570. The molecule has 0 spiro atoms. The topological polar surface area (TPSA) is 86.7 Å². The molecule has 146 valence electrons. The zero-order valence-electron chi connectivity index (χ0n) is 15.9. The molecule has 1 saturated heterocycles. The Bertz CT molecular complexity index is 935. The predicted octanol–water partition coefficient (Wildman–Crippen LogP) is 2.15. The monoisotopic (exact) mass is 414 g/mol. The summed E-state index contributed by atoms with van der Waals surface area (Å²) in [5, 5.41) is 13.4. The fourth-order valence-corrected chi connectivity index (χ4v) is 8.11. The van der Waals surface area contributed by atoms with Crippen LogP contribution in [0.5, 0.6) is 0 Å². The molecule has 2 N–H and O–H groups in total. The number of β-lactam (4-membered cyclic amide) rings is 1.